The molecule has 4 atom stereocenters. The summed E-state index contributed by atoms with van der Waals surface area (Å²) in [5, 5.41) is 0. The van der Waals surface area contributed by atoms with Crippen LogP contribution in [0.1, 0.15) is 39.5 Å². The Hall–Kier alpha value is -1.12. The summed E-state index contributed by atoms with van der Waals surface area (Å²) in [4.78, 5) is 23.2. The van der Waals surface area contributed by atoms with E-state index in [0.717, 1.165) is 18.4 Å². The number of ether oxygens (including phenoxy) is 1. The van der Waals surface area contributed by atoms with Crippen molar-refractivity contribution in [3.05, 3.63) is 11.1 Å². The van der Waals surface area contributed by atoms with E-state index in [-0.39, 0.29) is 12.1 Å². The van der Waals surface area contributed by atoms with Gasteiger partial charge in [-0.1, -0.05) is 12.5 Å². The Bertz CT molecular complexity index is 421. The van der Waals surface area contributed by atoms with E-state index in [2.05, 4.69) is 6.92 Å². The fourth-order valence-corrected chi connectivity index (χ4v) is 3.70. The summed E-state index contributed by atoms with van der Waals surface area (Å²) in [6.45, 7) is 4.13. The molecule has 3 heteroatoms. The second-order valence-electron chi connectivity index (χ2n) is 5.79. The van der Waals surface area contributed by atoms with Crippen LogP contribution < -0.4 is 0 Å². The van der Waals surface area contributed by atoms with Gasteiger partial charge in [0.15, 0.2) is 5.78 Å². The SMILES string of the molecule is CC1=C2C[C@@H]3CC(=O)O[C@@H]3C[C@H](C)[C@@H]2CC1=O. The first-order valence-corrected chi connectivity index (χ1v) is 6.48. The summed E-state index contributed by atoms with van der Waals surface area (Å²) < 4.78 is 5.40. The van der Waals surface area contributed by atoms with Gasteiger partial charge in [-0.05, 0) is 37.2 Å². The molecule has 92 valence electrons. The maximum Gasteiger partial charge on any atom is 0.306 e. The van der Waals surface area contributed by atoms with E-state index >= 15 is 0 Å². The van der Waals surface area contributed by atoms with Gasteiger partial charge in [0.2, 0.25) is 0 Å². The third kappa shape index (κ3) is 1.63. The highest BCUT2D eigenvalue weighted by molar-refractivity contribution is 5.98. The average Bonchev–Trinajstić information content (AvgIpc) is 2.70. The Labute approximate surface area is 101 Å². The summed E-state index contributed by atoms with van der Waals surface area (Å²) in [6, 6.07) is 0. The van der Waals surface area contributed by atoms with Gasteiger partial charge in [0.1, 0.15) is 6.10 Å². The maximum atomic E-state index is 11.8. The minimum Gasteiger partial charge on any atom is -0.462 e. The van der Waals surface area contributed by atoms with Crippen molar-refractivity contribution in [2.45, 2.75) is 45.6 Å². The van der Waals surface area contributed by atoms with Gasteiger partial charge in [-0.15, -0.1) is 0 Å². The first-order valence-electron chi connectivity index (χ1n) is 6.48. The predicted octanol–water partition coefficient (Wildman–Crippen LogP) is 2.25. The molecule has 0 amide bonds. The summed E-state index contributed by atoms with van der Waals surface area (Å²) in [7, 11) is 0. The van der Waals surface area contributed by atoms with Crippen molar-refractivity contribution in [3.63, 3.8) is 0 Å². The zero-order chi connectivity index (χ0) is 12.2. The van der Waals surface area contributed by atoms with Crippen LogP contribution in [0, 0.1) is 17.8 Å². The molecule has 2 aliphatic carbocycles. The van der Waals surface area contributed by atoms with E-state index < -0.39 is 0 Å². The van der Waals surface area contributed by atoms with Gasteiger partial charge >= 0.3 is 5.97 Å². The molecule has 1 heterocycles. The average molecular weight is 234 g/mol. The molecule has 1 saturated carbocycles. The smallest absolute Gasteiger partial charge is 0.306 e. The first kappa shape index (κ1) is 11.0. The molecule has 0 aromatic rings. The van der Waals surface area contributed by atoms with E-state index in [1.54, 1.807) is 0 Å². The molecule has 0 aromatic carbocycles. The molecule has 3 aliphatic rings. The fraction of sp³-hybridized carbons (Fsp3) is 0.714. The van der Waals surface area contributed by atoms with Crippen molar-refractivity contribution in [1.82, 2.24) is 0 Å². The Balaban J connectivity index is 1.94. The highest BCUT2D eigenvalue weighted by Crippen LogP contribution is 2.46. The van der Waals surface area contributed by atoms with Gasteiger partial charge in [-0.2, -0.15) is 0 Å². The number of esters is 1. The number of carbonyl (C=O) groups excluding carboxylic acids is 2. The molecule has 0 bridgehead atoms. The van der Waals surface area contributed by atoms with Gasteiger partial charge in [0, 0.05) is 12.3 Å². The Morgan fingerprint density at radius 3 is 2.71 bits per heavy atom. The second-order valence-corrected chi connectivity index (χ2v) is 5.79. The van der Waals surface area contributed by atoms with E-state index in [1.165, 1.54) is 5.57 Å². The van der Waals surface area contributed by atoms with Crippen LogP contribution in [0.15, 0.2) is 11.1 Å². The molecule has 17 heavy (non-hydrogen) atoms. The van der Waals surface area contributed by atoms with Crippen molar-refractivity contribution < 1.29 is 14.3 Å². The monoisotopic (exact) mass is 234 g/mol. The second kappa shape index (κ2) is 3.69. The van der Waals surface area contributed by atoms with Crippen molar-refractivity contribution in [3.8, 4) is 0 Å². The van der Waals surface area contributed by atoms with Crippen molar-refractivity contribution in [2.75, 3.05) is 0 Å². The molecule has 0 spiro atoms. The molecule has 0 unspecified atom stereocenters. The van der Waals surface area contributed by atoms with Gasteiger partial charge in [-0.25, -0.2) is 0 Å². The predicted molar refractivity (Wildman–Crippen MR) is 62.2 cm³/mol. The van der Waals surface area contributed by atoms with Gasteiger partial charge < -0.3 is 4.74 Å². The van der Waals surface area contributed by atoms with Gasteiger partial charge in [0.25, 0.3) is 0 Å². The lowest BCUT2D eigenvalue weighted by molar-refractivity contribution is -0.142. The molecule has 0 aromatic heterocycles. The molecule has 0 radical (unpaired) electrons. The van der Waals surface area contributed by atoms with Crippen molar-refractivity contribution in [2.24, 2.45) is 17.8 Å². The van der Waals surface area contributed by atoms with Gasteiger partial charge in [0.05, 0.1) is 6.42 Å². The Morgan fingerprint density at radius 2 is 1.94 bits per heavy atom. The highest BCUT2D eigenvalue weighted by atomic mass is 16.5. The largest absolute Gasteiger partial charge is 0.462 e. The lowest BCUT2D eigenvalue weighted by Crippen LogP contribution is -2.18. The molecule has 0 N–H and O–H groups in total. The van der Waals surface area contributed by atoms with Crippen LogP contribution in [0.25, 0.3) is 0 Å². The van der Waals surface area contributed by atoms with Crippen LogP contribution in [0.2, 0.25) is 0 Å². The van der Waals surface area contributed by atoms with Crippen LogP contribution >= 0.6 is 0 Å². The summed E-state index contributed by atoms with van der Waals surface area (Å²) in [6.07, 6.45) is 3.12. The molecular formula is C14H18O3. The normalized spacial score (nSPS) is 41.1. The molecule has 3 rings (SSSR count). The van der Waals surface area contributed by atoms with Crippen molar-refractivity contribution in [1.29, 1.82) is 0 Å². The highest BCUT2D eigenvalue weighted by Gasteiger charge is 2.44. The number of Topliss-reactive ketones (excluding diaryl/α,β-unsaturated/α-hetero) is 1. The van der Waals surface area contributed by atoms with Crippen LogP contribution in [-0.4, -0.2) is 17.9 Å². The first-order chi connectivity index (χ1) is 8.06. The van der Waals surface area contributed by atoms with E-state index in [4.69, 9.17) is 4.74 Å². The third-order valence-electron chi connectivity index (χ3n) is 4.76. The van der Waals surface area contributed by atoms with Crippen LogP contribution in [0.5, 0.6) is 0 Å². The quantitative estimate of drug-likeness (QED) is 0.604. The standard InChI is InChI=1S/C14H18O3/c1-7-3-13-9(5-14(16)17-13)4-11-8(2)12(15)6-10(7)11/h7,9-10,13H,3-6H2,1-2H3/t7-,9+,10-,13+/m0/s1. The number of hydrogen-bond acceptors (Lipinski definition) is 3. The third-order valence-corrected chi connectivity index (χ3v) is 4.76. The lowest BCUT2D eigenvalue weighted by atomic mass is 9.86. The minimum absolute atomic E-state index is 0.0618. The van der Waals surface area contributed by atoms with E-state index in [1.807, 2.05) is 6.92 Å². The number of fused-ring (bicyclic) bond motifs is 2. The minimum atomic E-state index is -0.0618. The van der Waals surface area contributed by atoms with Crippen molar-refractivity contribution >= 4 is 11.8 Å². The Morgan fingerprint density at radius 1 is 1.18 bits per heavy atom. The fourth-order valence-electron chi connectivity index (χ4n) is 3.70. The number of carbonyl (C=O) groups is 2. The number of allylic oxidation sites excluding steroid dienone is 2. The molecular weight excluding hydrogens is 216 g/mol. The van der Waals surface area contributed by atoms with Gasteiger partial charge in [-0.3, -0.25) is 9.59 Å². The Kier molecular flexibility index (Phi) is 2.39. The molecule has 1 aliphatic heterocycles. The van der Waals surface area contributed by atoms with Crippen LogP contribution in [0.3, 0.4) is 0 Å². The topological polar surface area (TPSA) is 43.4 Å². The van der Waals surface area contributed by atoms with E-state index in [0.29, 0.717) is 36.4 Å². The summed E-state index contributed by atoms with van der Waals surface area (Å²) in [5.41, 5.74) is 2.27. The van der Waals surface area contributed by atoms with Crippen LogP contribution in [-0.2, 0) is 14.3 Å². The number of rotatable bonds is 0. The lowest BCUT2D eigenvalue weighted by Gasteiger charge is -2.19. The zero-order valence-corrected chi connectivity index (χ0v) is 10.4. The summed E-state index contributed by atoms with van der Waals surface area (Å²) in [5.74, 6) is 1.42. The zero-order valence-electron chi connectivity index (χ0n) is 10.4. The molecule has 2 fully saturated rings. The maximum absolute atomic E-state index is 11.8. The molecule has 1 saturated heterocycles. The summed E-state index contributed by atoms with van der Waals surface area (Å²) >= 11 is 0. The molecule has 3 nitrogen and oxygen atoms in total. The van der Waals surface area contributed by atoms with Crippen LogP contribution in [0.4, 0.5) is 0 Å². The van der Waals surface area contributed by atoms with E-state index in [9.17, 15) is 9.59 Å². The number of ketones is 1. The number of hydrogen-bond donors (Lipinski definition) is 0.